The minimum Gasteiger partial charge on any atom is -0.395 e. The molecule has 0 unspecified atom stereocenters. The number of benzene rings is 2. The number of sulfonamides is 1. The highest BCUT2D eigenvalue weighted by Gasteiger charge is 2.26. The van der Waals surface area contributed by atoms with E-state index >= 15 is 0 Å². The lowest BCUT2D eigenvalue weighted by Crippen LogP contribution is -2.35. The Bertz CT molecular complexity index is 1020. The van der Waals surface area contributed by atoms with Crippen LogP contribution in [0, 0.1) is 0 Å². The fourth-order valence-electron chi connectivity index (χ4n) is 2.31. The zero-order valence-corrected chi connectivity index (χ0v) is 17.1. The maximum Gasteiger partial charge on any atom is 0.243 e. The smallest absolute Gasteiger partial charge is 0.243 e. The molecule has 0 saturated carbocycles. The molecule has 11 heteroatoms. The highest BCUT2D eigenvalue weighted by atomic mass is 35.5. The lowest BCUT2D eigenvalue weighted by atomic mass is 10.4. The number of aliphatic hydroxyl groups excluding tert-OH is 2. The summed E-state index contributed by atoms with van der Waals surface area (Å²) in [7, 11) is -8.14. The first-order chi connectivity index (χ1) is 12.6. The first-order valence-electron chi connectivity index (χ1n) is 7.66. The molecule has 0 atom stereocenters. The minimum atomic E-state index is -4.10. The molecule has 7 nitrogen and oxygen atoms in total. The Kier molecular flexibility index (Phi) is 7.26. The van der Waals surface area contributed by atoms with Gasteiger partial charge in [-0.25, -0.2) is 16.8 Å². The van der Waals surface area contributed by atoms with Crippen LogP contribution in [0.5, 0.6) is 0 Å². The normalized spacial score (nSPS) is 12.5. The summed E-state index contributed by atoms with van der Waals surface area (Å²) in [4.78, 5) is -0.644. The van der Waals surface area contributed by atoms with E-state index in [-0.39, 0.29) is 37.8 Å². The molecule has 0 fully saturated rings. The zero-order valence-electron chi connectivity index (χ0n) is 13.9. The van der Waals surface area contributed by atoms with Gasteiger partial charge in [0.25, 0.3) is 0 Å². The molecule has 148 valence electrons. The second kappa shape index (κ2) is 8.87. The summed E-state index contributed by atoms with van der Waals surface area (Å²) in [6.45, 7) is -1.35. The number of hydrogen-bond donors (Lipinski definition) is 2. The third-order valence-corrected chi connectivity index (χ3v) is 8.04. The Hall–Kier alpha value is -1.20. The van der Waals surface area contributed by atoms with Gasteiger partial charge in [-0.2, -0.15) is 4.31 Å². The summed E-state index contributed by atoms with van der Waals surface area (Å²) >= 11 is 11.7. The summed E-state index contributed by atoms with van der Waals surface area (Å²) in [5, 5.41) is 18.3. The highest BCUT2D eigenvalue weighted by Crippen LogP contribution is 2.29. The number of rotatable bonds is 8. The fourth-order valence-corrected chi connectivity index (χ4v) is 5.54. The number of sulfone groups is 1. The van der Waals surface area contributed by atoms with E-state index in [0.29, 0.717) is 0 Å². The molecule has 27 heavy (non-hydrogen) atoms. The summed E-state index contributed by atoms with van der Waals surface area (Å²) in [6.07, 6.45) is 0. The summed E-state index contributed by atoms with van der Waals surface area (Å²) in [5.74, 6) is 0. The molecule has 0 amide bonds. The molecule has 0 heterocycles. The number of nitrogens with zero attached hydrogens (tertiary/aromatic N) is 1. The zero-order chi connectivity index (χ0) is 20.2. The van der Waals surface area contributed by atoms with Crippen molar-refractivity contribution in [2.45, 2.75) is 14.7 Å². The van der Waals surface area contributed by atoms with Crippen molar-refractivity contribution in [1.82, 2.24) is 4.31 Å². The fraction of sp³-hybridized carbons (Fsp3) is 0.250. The van der Waals surface area contributed by atoms with E-state index in [9.17, 15) is 16.8 Å². The molecule has 0 radical (unpaired) electrons. The monoisotopic (exact) mass is 453 g/mol. The molecule has 0 saturated heterocycles. The number of hydrogen-bond acceptors (Lipinski definition) is 6. The lowest BCUT2D eigenvalue weighted by molar-refractivity contribution is 0.217. The Morgan fingerprint density at radius 1 is 0.778 bits per heavy atom. The summed E-state index contributed by atoms with van der Waals surface area (Å²) in [5.41, 5.74) is 0. The molecule has 0 aliphatic heterocycles. The molecule has 0 aliphatic rings. The molecule has 2 N–H and O–H groups in total. The van der Waals surface area contributed by atoms with Gasteiger partial charge in [0.2, 0.25) is 19.9 Å². The van der Waals surface area contributed by atoms with E-state index in [4.69, 9.17) is 33.4 Å². The van der Waals surface area contributed by atoms with Gasteiger partial charge in [-0.1, -0.05) is 29.3 Å². The first kappa shape index (κ1) is 22.1. The van der Waals surface area contributed by atoms with Gasteiger partial charge in [0.1, 0.15) is 0 Å². The first-order valence-corrected chi connectivity index (χ1v) is 11.3. The van der Waals surface area contributed by atoms with Crippen LogP contribution >= 0.6 is 23.2 Å². The van der Waals surface area contributed by atoms with E-state index in [1.807, 2.05) is 0 Å². The largest absolute Gasteiger partial charge is 0.395 e. The Morgan fingerprint density at radius 2 is 1.33 bits per heavy atom. The van der Waals surface area contributed by atoms with Gasteiger partial charge < -0.3 is 10.2 Å². The number of aliphatic hydroxyl groups is 2. The minimum absolute atomic E-state index is 0.0542. The molecule has 2 aromatic carbocycles. The van der Waals surface area contributed by atoms with Crippen molar-refractivity contribution in [3.63, 3.8) is 0 Å². The Morgan fingerprint density at radius 3 is 1.89 bits per heavy atom. The molecule has 0 bridgehead atoms. The lowest BCUT2D eigenvalue weighted by Gasteiger charge is -2.20. The van der Waals surface area contributed by atoms with Crippen molar-refractivity contribution in [2.75, 3.05) is 26.3 Å². The third-order valence-electron chi connectivity index (χ3n) is 3.65. The summed E-state index contributed by atoms with van der Waals surface area (Å²) in [6, 6.07) is 8.62. The molecular weight excluding hydrogens is 437 g/mol. The Labute approximate surface area is 167 Å². The van der Waals surface area contributed by atoms with Crippen LogP contribution < -0.4 is 0 Å². The van der Waals surface area contributed by atoms with Crippen molar-refractivity contribution < 1.29 is 27.0 Å². The van der Waals surface area contributed by atoms with Crippen LogP contribution in [0.2, 0.25) is 10.0 Å². The van der Waals surface area contributed by atoms with Crippen molar-refractivity contribution in [1.29, 1.82) is 0 Å². The van der Waals surface area contributed by atoms with Gasteiger partial charge in [-0.15, -0.1) is 0 Å². The maximum absolute atomic E-state index is 12.8. The van der Waals surface area contributed by atoms with Crippen molar-refractivity contribution in [2.24, 2.45) is 0 Å². The van der Waals surface area contributed by atoms with Gasteiger partial charge in [0.05, 0.1) is 37.9 Å². The quantitative estimate of drug-likeness (QED) is 0.629. The van der Waals surface area contributed by atoms with Crippen molar-refractivity contribution in [3.8, 4) is 0 Å². The summed E-state index contributed by atoms with van der Waals surface area (Å²) < 4.78 is 51.9. The van der Waals surface area contributed by atoms with Gasteiger partial charge in [0.15, 0.2) is 0 Å². The van der Waals surface area contributed by atoms with Crippen LogP contribution in [0.25, 0.3) is 0 Å². The molecule has 2 aromatic rings. The number of halogens is 2. The van der Waals surface area contributed by atoms with Crippen LogP contribution in [-0.2, 0) is 19.9 Å². The third kappa shape index (κ3) is 4.80. The Balaban J connectivity index is 2.51. The van der Waals surface area contributed by atoms with Crippen LogP contribution in [-0.4, -0.2) is 57.7 Å². The molecular formula is C16H17Cl2NO6S2. The van der Waals surface area contributed by atoms with E-state index < -0.39 is 33.1 Å². The topological polar surface area (TPSA) is 112 Å². The van der Waals surface area contributed by atoms with E-state index in [1.165, 1.54) is 36.4 Å². The van der Waals surface area contributed by atoms with E-state index in [0.717, 1.165) is 10.4 Å². The van der Waals surface area contributed by atoms with E-state index in [2.05, 4.69) is 0 Å². The van der Waals surface area contributed by atoms with Gasteiger partial charge in [-0.3, -0.25) is 0 Å². The van der Waals surface area contributed by atoms with Gasteiger partial charge in [-0.05, 0) is 36.4 Å². The van der Waals surface area contributed by atoms with Crippen LogP contribution in [0.4, 0.5) is 0 Å². The van der Waals surface area contributed by atoms with Crippen LogP contribution in [0.15, 0.2) is 57.2 Å². The second-order valence-electron chi connectivity index (χ2n) is 5.41. The predicted octanol–water partition coefficient (Wildman–Crippen LogP) is 1.80. The van der Waals surface area contributed by atoms with Crippen LogP contribution in [0.1, 0.15) is 0 Å². The predicted molar refractivity (Wildman–Crippen MR) is 101 cm³/mol. The van der Waals surface area contributed by atoms with Gasteiger partial charge in [0, 0.05) is 13.1 Å². The SMILES string of the molecule is O=S(=O)(c1cccc(S(=O)(=O)N(CCO)CCO)c1)c1ccc(Cl)c(Cl)c1. The second-order valence-corrected chi connectivity index (χ2v) is 10.1. The average Bonchev–Trinajstić information content (AvgIpc) is 2.63. The van der Waals surface area contributed by atoms with E-state index in [1.54, 1.807) is 0 Å². The maximum atomic E-state index is 12.8. The molecule has 0 spiro atoms. The van der Waals surface area contributed by atoms with Gasteiger partial charge >= 0.3 is 0 Å². The van der Waals surface area contributed by atoms with Crippen LogP contribution in [0.3, 0.4) is 0 Å². The van der Waals surface area contributed by atoms with Crippen molar-refractivity contribution >= 4 is 43.1 Å². The van der Waals surface area contributed by atoms with Crippen molar-refractivity contribution in [3.05, 3.63) is 52.5 Å². The molecule has 2 rings (SSSR count). The highest BCUT2D eigenvalue weighted by molar-refractivity contribution is 7.91. The molecule has 0 aliphatic carbocycles. The standard InChI is InChI=1S/C16H17Cl2NO6S2/c17-15-5-4-13(11-16(15)18)26(22,23)12-2-1-3-14(10-12)27(24,25)19(6-8-20)7-9-21/h1-5,10-11,20-21H,6-9H2. The average molecular weight is 454 g/mol. The molecule has 0 aromatic heterocycles.